The number of aromatic nitrogens is 1. The fourth-order valence-electron chi connectivity index (χ4n) is 1.86. The lowest BCUT2D eigenvalue weighted by Gasteiger charge is -2.01. The van der Waals surface area contributed by atoms with Gasteiger partial charge in [-0.1, -0.05) is 6.07 Å². The van der Waals surface area contributed by atoms with Gasteiger partial charge in [-0.2, -0.15) is 0 Å². The van der Waals surface area contributed by atoms with E-state index < -0.39 is 0 Å². The van der Waals surface area contributed by atoms with Crippen molar-refractivity contribution in [1.82, 2.24) is 4.98 Å². The van der Waals surface area contributed by atoms with Crippen LogP contribution < -0.4 is 5.32 Å². The summed E-state index contributed by atoms with van der Waals surface area (Å²) in [5.74, 6) is 0.151. The molecule has 0 spiro atoms. The first-order valence-corrected chi connectivity index (χ1v) is 4.51. The van der Waals surface area contributed by atoms with E-state index in [1.807, 2.05) is 24.3 Å². The van der Waals surface area contributed by atoms with Gasteiger partial charge >= 0.3 is 0 Å². The van der Waals surface area contributed by atoms with Gasteiger partial charge in [-0.3, -0.25) is 9.78 Å². The number of rotatable bonds is 0. The summed E-state index contributed by atoms with van der Waals surface area (Å²) in [6.45, 7) is 0.406. The molecular weight excluding hydrogens is 176 g/mol. The SMILES string of the molecule is O=C1CNc2ccc3ncccc3c21. The molecule has 2 heterocycles. The Morgan fingerprint density at radius 3 is 3.14 bits per heavy atom. The minimum atomic E-state index is 0.151. The Morgan fingerprint density at radius 1 is 1.29 bits per heavy atom. The lowest BCUT2D eigenvalue weighted by molar-refractivity contribution is 0.101. The van der Waals surface area contributed by atoms with Gasteiger partial charge in [0, 0.05) is 17.3 Å². The standard InChI is InChI=1S/C11H8N2O/c14-10-6-13-9-4-3-8-7(11(9)10)2-1-5-12-8/h1-5,13H,6H2. The van der Waals surface area contributed by atoms with Crippen molar-refractivity contribution in [2.75, 3.05) is 11.9 Å². The van der Waals surface area contributed by atoms with Crippen LogP contribution >= 0.6 is 0 Å². The molecule has 3 heteroatoms. The third-order valence-electron chi connectivity index (χ3n) is 2.50. The molecule has 0 bridgehead atoms. The van der Waals surface area contributed by atoms with Crippen LogP contribution in [-0.4, -0.2) is 17.3 Å². The molecule has 0 atom stereocenters. The number of fused-ring (bicyclic) bond motifs is 3. The van der Waals surface area contributed by atoms with E-state index >= 15 is 0 Å². The Morgan fingerprint density at radius 2 is 2.21 bits per heavy atom. The molecule has 1 N–H and O–H groups in total. The van der Waals surface area contributed by atoms with Crippen molar-refractivity contribution in [3.63, 3.8) is 0 Å². The van der Waals surface area contributed by atoms with Crippen LogP contribution in [0.15, 0.2) is 30.5 Å². The summed E-state index contributed by atoms with van der Waals surface area (Å²) < 4.78 is 0. The highest BCUT2D eigenvalue weighted by molar-refractivity contribution is 6.16. The van der Waals surface area contributed by atoms with Gasteiger partial charge in [0.05, 0.1) is 17.6 Å². The van der Waals surface area contributed by atoms with Crippen molar-refractivity contribution >= 4 is 22.4 Å². The molecule has 0 fully saturated rings. The van der Waals surface area contributed by atoms with Gasteiger partial charge in [-0.05, 0) is 18.2 Å². The molecule has 3 nitrogen and oxygen atoms in total. The van der Waals surface area contributed by atoms with Crippen LogP contribution in [0.2, 0.25) is 0 Å². The summed E-state index contributed by atoms with van der Waals surface area (Å²) in [7, 11) is 0. The second-order valence-electron chi connectivity index (χ2n) is 3.33. The molecule has 0 aliphatic carbocycles. The summed E-state index contributed by atoms with van der Waals surface area (Å²) in [6, 6.07) is 7.63. The molecule has 1 aromatic heterocycles. The predicted octanol–water partition coefficient (Wildman–Crippen LogP) is 1.84. The fourth-order valence-corrected chi connectivity index (χ4v) is 1.86. The van der Waals surface area contributed by atoms with E-state index in [4.69, 9.17) is 0 Å². The number of nitrogens with one attached hydrogen (secondary N) is 1. The van der Waals surface area contributed by atoms with E-state index in [1.165, 1.54) is 0 Å². The Hall–Kier alpha value is -1.90. The Balaban J connectivity index is 2.47. The lowest BCUT2D eigenvalue weighted by Crippen LogP contribution is -2.01. The van der Waals surface area contributed by atoms with Gasteiger partial charge < -0.3 is 5.32 Å². The number of hydrogen-bond donors (Lipinski definition) is 1. The average molecular weight is 184 g/mol. The highest BCUT2D eigenvalue weighted by Gasteiger charge is 2.21. The van der Waals surface area contributed by atoms with Crippen LogP contribution in [-0.2, 0) is 0 Å². The van der Waals surface area contributed by atoms with Crippen molar-refractivity contribution in [2.45, 2.75) is 0 Å². The molecule has 14 heavy (non-hydrogen) atoms. The van der Waals surface area contributed by atoms with Gasteiger partial charge in [0.25, 0.3) is 0 Å². The molecule has 3 rings (SSSR count). The number of carbonyl (C=O) groups is 1. The first-order valence-electron chi connectivity index (χ1n) is 4.51. The highest BCUT2D eigenvalue weighted by Crippen LogP contribution is 2.28. The molecule has 1 aromatic carbocycles. The van der Waals surface area contributed by atoms with Crippen LogP contribution in [0.3, 0.4) is 0 Å². The van der Waals surface area contributed by atoms with Gasteiger partial charge in [0.15, 0.2) is 5.78 Å². The molecule has 0 radical (unpaired) electrons. The number of hydrogen-bond acceptors (Lipinski definition) is 3. The fraction of sp³-hybridized carbons (Fsp3) is 0.0909. The van der Waals surface area contributed by atoms with E-state index in [-0.39, 0.29) is 5.78 Å². The normalized spacial score (nSPS) is 14.1. The molecule has 1 aliphatic rings. The quantitative estimate of drug-likeness (QED) is 0.679. The third-order valence-corrected chi connectivity index (χ3v) is 2.50. The monoisotopic (exact) mass is 184 g/mol. The van der Waals surface area contributed by atoms with E-state index in [1.54, 1.807) is 6.20 Å². The number of ketones is 1. The summed E-state index contributed by atoms with van der Waals surface area (Å²) in [5, 5.41) is 4.01. The number of benzene rings is 1. The number of carbonyl (C=O) groups excluding carboxylic acids is 1. The van der Waals surface area contributed by atoms with Crippen LogP contribution in [0.4, 0.5) is 5.69 Å². The summed E-state index contributed by atoms with van der Waals surface area (Å²) in [4.78, 5) is 15.8. The van der Waals surface area contributed by atoms with Crippen molar-refractivity contribution in [2.24, 2.45) is 0 Å². The van der Waals surface area contributed by atoms with E-state index in [2.05, 4.69) is 10.3 Å². The Labute approximate surface area is 80.8 Å². The molecule has 0 amide bonds. The van der Waals surface area contributed by atoms with Gasteiger partial charge in [0.1, 0.15) is 0 Å². The molecule has 0 saturated heterocycles. The Kier molecular flexibility index (Phi) is 1.36. The zero-order valence-corrected chi connectivity index (χ0v) is 7.45. The molecule has 1 aliphatic heterocycles. The van der Waals surface area contributed by atoms with Crippen molar-refractivity contribution in [3.8, 4) is 0 Å². The summed E-state index contributed by atoms with van der Waals surface area (Å²) >= 11 is 0. The zero-order chi connectivity index (χ0) is 9.54. The molecule has 0 unspecified atom stereocenters. The van der Waals surface area contributed by atoms with Gasteiger partial charge in [-0.25, -0.2) is 0 Å². The Bertz CT molecular complexity index is 534. The second kappa shape index (κ2) is 2.54. The van der Waals surface area contributed by atoms with Crippen LogP contribution in [0.1, 0.15) is 10.4 Å². The molecular formula is C11H8N2O. The molecule has 68 valence electrons. The van der Waals surface area contributed by atoms with E-state index in [9.17, 15) is 4.79 Å². The van der Waals surface area contributed by atoms with Crippen molar-refractivity contribution < 1.29 is 4.79 Å². The average Bonchev–Trinajstić information content (AvgIpc) is 2.61. The maximum absolute atomic E-state index is 11.6. The highest BCUT2D eigenvalue weighted by atomic mass is 16.1. The number of pyridine rings is 1. The maximum atomic E-state index is 11.6. The summed E-state index contributed by atoms with van der Waals surface area (Å²) in [5.41, 5.74) is 2.59. The minimum Gasteiger partial charge on any atom is -0.377 e. The van der Waals surface area contributed by atoms with Crippen LogP contribution in [0.5, 0.6) is 0 Å². The number of anilines is 1. The smallest absolute Gasteiger partial charge is 0.184 e. The van der Waals surface area contributed by atoms with E-state index in [0.717, 1.165) is 22.2 Å². The lowest BCUT2D eigenvalue weighted by atomic mass is 10.1. The maximum Gasteiger partial charge on any atom is 0.184 e. The van der Waals surface area contributed by atoms with Crippen molar-refractivity contribution in [3.05, 3.63) is 36.0 Å². The predicted molar refractivity (Wildman–Crippen MR) is 54.6 cm³/mol. The van der Waals surface area contributed by atoms with Gasteiger partial charge in [-0.15, -0.1) is 0 Å². The number of nitrogens with zero attached hydrogens (tertiary/aromatic N) is 1. The van der Waals surface area contributed by atoms with Gasteiger partial charge in [0.2, 0.25) is 0 Å². The van der Waals surface area contributed by atoms with E-state index in [0.29, 0.717) is 6.54 Å². The minimum absolute atomic E-state index is 0.151. The molecule has 2 aromatic rings. The summed E-state index contributed by atoms with van der Waals surface area (Å²) in [6.07, 6.45) is 1.74. The third kappa shape index (κ3) is 0.865. The topological polar surface area (TPSA) is 42.0 Å². The molecule has 0 saturated carbocycles. The number of Topliss-reactive ketones (excluding diaryl/α,β-unsaturated/α-hetero) is 1. The van der Waals surface area contributed by atoms with Crippen molar-refractivity contribution in [1.29, 1.82) is 0 Å². The first-order chi connectivity index (χ1) is 6.86. The second-order valence-corrected chi connectivity index (χ2v) is 3.33. The first kappa shape index (κ1) is 7.50. The van der Waals surface area contributed by atoms with Crippen LogP contribution in [0.25, 0.3) is 10.9 Å². The van der Waals surface area contributed by atoms with Crippen LogP contribution in [0, 0.1) is 0 Å². The largest absolute Gasteiger partial charge is 0.377 e. The zero-order valence-electron chi connectivity index (χ0n) is 7.45.